The Bertz CT molecular complexity index is 917. The van der Waals surface area contributed by atoms with Crippen LogP contribution in [-0.2, 0) is 4.74 Å². The second-order valence-electron chi connectivity index (χ2n) is 4.81. The number of aromatic hydroxyl groups is 1. The molecule has 0 aliphatic heterocycles. The summed E-state index contributed by atoms with van der Waals surface area (Å²) >= 11 is 6.82. The summed E-state index contributed by atoms with van der Waals surface area (Å²) in [6.07, 6.45) is 0.635. The van der Waals surface area contributed by atoms with E-state index in [1.807, 2.05) is 0 Å². The number of rotatable bonds is 5. The lowest BCUT2D eigenvalue weighted by Gasteiger charge is -2.05. The topological polar surface area (TPSA) is 106 Å². The summed E-state index contributed by atoms with van der Waals surface area (Å²) in [4.78, 5) is 23.8. The Kier molecular flexibility index (Phi) is 5.49. The van der Waals surface area contributed by atoms with Gasteiger partial charge in [0.1, 0.15) is 10.7 Å². The van der Waals surface area contributed by atoms with Gasteiger partial charge in [-0.3, -0.25) is 0 Å². The van der Waals surface area contributed by atoms with Gasteiger partial charge in [-0.15, -0.1) is 0 Å². The minimum atomic E-state index is -0.911. The summed E-state index contributed by atoms with van der Waals surface area (Å²) in [5.74, 6) is -0.0729. The smallest absolute Gasteiger partial charge is 0.490 e. The van der Waals surface area contributed by atoms with Gasteiger partial charge in [0.25, 0.3) is 10.9 Å². The third-order valence-corrected chi connectivity index (χ3v) is 4.19. The van der Waals surface area contributed by atoms with Crippen molar-refractivity contribution in [2.24, 2.45) is 0 Å². The third kappa shape index (κ3) is 4.38. The summed E-state index contributed by atoms with van der Waals surface area (Å²) < 4.78 is 9.57. The number of carbonyl (C=O) groups is 1. The Hall–Kier alpha value is -2.91. The van der Waals surface area contributed by atoms with E-state index in [0.717, 1.165) is 17.0 Å². The maximum atomic E-state index is 11.4. The van der Waals surface area contributed by atoms with Gasteiger partial charge in [0.2, 0.25) is 5.95 Å². The number of hydrogen-bond donors (Lipinski definition) is 2. The largest absolute Gasteiger partial charge is 0.514 e. The molecule has 0 bridgehead atoms. The van der Waals surface area contributed by atoms with Gasteiger partial charge >= 0.3 is 6.16 Å². The maximum absolute atomic E-state index is 11.4. The van der Waals surface area contributed by atoms with Crippen LogP contribution in [0.2, 0.25) is 5.02 Å². The van der Waals surface area contributed by atoms with Gasteiger partial charge in [-0.25, -0.2) is 14.8 Å². The molecule has 134 valence electrons. The zero-order valence-electron chi connectivity index (χ0n) is 13.5. The Morgan fingerprint density at radius 3 is 2.77 bits per heavy atom. The third-order valence-electron chi connectivity index (χ3n) is 2.99. The molecule has 0 atom stereocenters. The normalized spacial score (nSPS) is 10.4. The monoisotopic (exact) mass is 392 g/mol. The number of carbonyl (C=O) groups excluding carboxylic acids is 1. The van der Waals surface area contributed by atoms with E-state index < -0.39 is 12.0 Å². The van der Waals surface area contributed by atoms with Crippen molar-refractivity contribution in [2.75, 3.05) is 11.9 Å². The minimum absolute atomic E-state index is 0.0655. The number of halogens is 1. The van der Waals surface area contributed by atoms with Crippen molar-refractivity contribution in [1.29, 1.82) is 0 Å². The lowest BCUT2D eigenvalue weighted by atomic mass is 10.3. The van der Waals surface area contributed by atoms with Crippen LogP contribution in [0.3, 0.4) is 0 Å². The summed E-state index contributed by atoms with van der Waals surface area (Å²) in [5, 5.41) is 13.8. The van der Waals surface area contributed by atoms with Crippen molar-refractivity contribution >= 4 is 40.7 Å². The molecule has 0 radical (unpaired) electrons. The number of nitrogens with zero attached hydrogens (tertiary/aromatic N) is 3. The number of ether oxygens (including phenoxy) is 2. The van der Waals surface area contributed by atoms with Gasteiger partial charge < -0.3 is 19.9 Å². The number of benzene rings is 1. The lowest BCUT2D eigenvalue weighted by Crippen LogP contribution is -2.09. The zero-order chi connectivity index (χ0) is 18.5. The van der Waals surface area contributed by atoms with E-state index in [2.05, 4.69) is 25.0 Å². The maximum Gasteiger partial charge on any atom is 0.514 e. The molecule has 0 fully saturated rings. The summed E-state index contributed by atoms with van der Waals surface area (Å²) in [7, 11) is 0. The fraction of sp³-hybridized carbons (Fsp3) is 0.125. The zero-order valence-corrected chi connectivity index (χ0v) is 15.0. The highest BCUT2D eigenvalue weighted by molar-refractivity contribution is 7.17. The number of aromatic nitrogens is 3. The van der Waals surface area contributed by atoms with Gasteiger partial charge in [-0.2, -0.15) is 4.98 Å². The Balaban J connectivity index is 1.79. The molecule has 3 aromatic rings. The standard InChI is InChI=1S/C16H13ClN4O4S/c1-2-24-16(23)25-14-12(22)21-13(26-14)11-7-8-18-15(20-11)19-10-5-3-9(17)4-6-10/h3-8,22H,2H2,1H3,(H,18,19,20). The average Bonchev–Trinajstić information content (AvgIpc) is 2.98. The molecular weight excluding hydrogens is 380 g/mol. The van der Waals surface area contributed by atoms with Gasteiger partial charge in [0, 0.05) is 16.9 Å². The van der Waals surface area contributed by atoms with E-state index in [0.29, 0.717) is 21.7 Å². The average molecular weight is 393 g/mol. The second kappa shape index (κ2) is 7.98. The van der Waals surface area contributed by atoms with Crippen molar-refractivity contribution in [2.45, 2.75) is 6.92 Å². The first-order valence-corrected chi connectivity index (χ1v) is 8.65. The van der Waals surface area contributed by atoms with Crippen LogP contribution in [0.15, 0.2) is 36.5 Å². The first-order valence-electron chi connectivity index (χ1n) is 7.45. The van der Waals surface area contributed by atoms with E-state index in [-0.39, 0.29) is 11.7 Å². The fourth-order valence-electron chi connectivity index (χ4n) is 1.90. The molecule has 26 heavy (non-hydrogen) atoms. The van der Waals surface area contributed by atoms with Gasteiger partial charge in [0.05, 0.1) is 6.61 Å². The highest BCUT2D eigenvalue weighted by Crippen LogP contribution is 2.38. The van der Waals surface area contributed by atoms with Crippen LogP contribution in [0.5, 0.6) is 10.9 Å². The molecule has 3 rings (SSSR count). The molecule has 0 aliphatic carbocycles. The molecule has 0 spiro atoms. The quantitative estimate of drug-likeness (QED) is 0.621. The van der Waals surface area contributed by atoms with Crippen LogP contribution >= 0.6 is 22.9 Å². The SMILES string of the molecule is CCOC(=O)Oc1sc(-c2ccnc(Nc3ccc(Cl)cc3)n2)nc1O. The van der Waals surface area contributed by atoms with Crippen LogP contribution in [0, 0.1) is 0 Å². The number of thiazole rings is 1. The molecule has 2 aromatic heterocycles. The summed E-state index contributed by atoms with van der Waals surface area (Å²) in [5.41, 5.74) is 1.22. The highest BCUT2D eigenvalue weighted by atomic mass is 35.5. The molecule has 0 amide bonds. The van der Waals surface area contributed by atoms with Gasteiger partial charge in [-0.1, -0.05) is 22.9 Å². The van der Waals surface area contributed by atoms with E-state index in [9.17, 15) is 9.90 Å². The van der Waals surface area contributed by atoms with Crippen LogP contribution in [0.25, 0.3) is 10.7 Å². The van der Waals surface area contributed by atoms with Crippen molar-refractivity contribution in [3.05, 3.63) is 41.6 Å². The fourth-order valence-corrected chi connectivity index (χ4v) is 2.80. The predicted molar refractivity (Wildman–Crippen MR) is 97.2 cm³/mol. The molecule has 0 unspecified atom stereocenters. The van der Waals surface area contributed by atoms with Crippen molar-refractivity contribution in [1.82, 2.24) is 15.0 Å². The van der Waals surface area contributed by atoms with Crippen molar-refractivity contribution in [3.63, 3.8) is 0 Å². The van der Waals surface area contributed by atoms with Gasteiger partial charge in [-0.05, 0) is 37.3 Å². The van der Waals surface area contributed by atoms with E-state index >= 15 is 0 Å². The number of anilines is 2. The molecule has 0 saturated carbocycles. The molecular formula is C16H13ClN4O4S. The van der Waals surface area contributed by atoms with E-state index in [1.165, 1.54) is 0 Å². The molecule has 0 aliphatic rings. The first-order chi connectivity index (χ1) is 12.5. The van der Waals surface area contributed by atoms with Crippen LogP contribution in [-0.4, -0.2) is 32.8 Å². The summed E-state index contributed by atoms with van der Waals surface area (Å²) in [6.45, 7) is 1.81. The van der Waals surface area contributed by atoms with Crippen LogP contribution in [0.1, 0.15) is 6.92 Å². The molecule has 2 heterocycles. The number of nitrogens with one attached hydrogen (secondary N) is 1. The Labute approximate surface area is 157 Å². The minimum Gasteiger partial charge on any atom is -0.490 e. The van der Waals surface area contributed by atoms with Crippen LogP contribution < -0.4 is 10.1 Å². The van der Waals surface area contributed by atoms with Crippen LogP contribution in [0.4, 0.5) is 16.4 Å². The Morgan fingerprint density at radius 1 is 1.27 bits per heavy atom. The first kappa shape index (κ1) is 17.9. The Morgan fingerprint density at radius 2 is 2.04 bits per heavy atom. The predicted octanol–water partition coefficient (Wildman–Crippen LogP) is 4.24. The molecule has 0 saturated heterocycles. The molecule has 8 nitrogen and oxygen atoms in total. The molecule has 2 N–H and O–H groups in total. The van der Waals surface area contributed by atoms with Crippen molar-refractivity contribution < 1.29 is 19.4 Å². The molecule has 1 aromatic carbocycles. The number of hydrogen-bond acceptors (Lipinski definition) is 9. The van der Waals surface area contributed by atoms with Crippen molar-refractivity contribution in [3.8, 4) is 21.6 Å². The molecule has 10 heteroatoms. The van der Waals surface area contributed by atoms with E-state index in [4.69, 9.17) is 16.3 Å². The van der Waals surface area contributed by atoms with Gasteiger partial charge in [0.15, 0.2) is 0 Å². The van der Waals surface area contributed by atoms with E-state index in [1.54, 1.807) is 43.5 Å². The second-order valence-corrected chi connectivity index (χ2v) is 6.21. The lowest BCUT2D eigenvalue weighted by molar-refractivity contribution is 0.104. The highest BCUT2D eigenvalue weighted by Gasteiger charge is 2.18. The summed E-state index contributed by atoms with van der Waals surface area (Å²) in [6, 6.07) is 8.69.